The first-order valence-electron chi connectivity index (χ1n) is 8.13. The molecule has 0 radical (unpaired) electrons. The van der Waals surface area contributed by atoms with Crippen LogP contribution < -0.4 is 10.8 Å². The summed E-state index contributed by atoms with van der Waals surface area (Å²) in [4.78, 5) is 40.8. The molecule has 1 saturated heterocycles. The molecule has 0 aromatic heterocycles. The first-order valence-corrected chi connectivity index (χ1v) is 8.13. The lowest BCUT2D eigenvalue weighted by molar-refractivity contribution is -0.153. The fraction of sp³-hybridized carbons (Fsp3) is 0.211. The van der Waals surface area contributed by atoms with Gasteiger partial charge in [-0.05, 0) is 17.7 Å². The number of nitrogens with one attached hydrogen (secondary N) is 2. The third-order valence-corrected chi connectivity index (χ3v) is 3.95. The molecule has 1 aliphatic rings. The highest BCUT2D eigenvalue weighted by Crippen LogP contribution is 2.16. The van der Waals surface area contributed by atoms with E-state index in [1.807, 2.05) is 30.3 Å². The summed E-state index contributed by atoms with van der Waals surface area (Å²) >= 11 is 0. The molecule has 1 fully saturated rings. The van der Waals surface area contributed by atoms with Crippen LogP contribution in [-0.4, -0.2) is 30.4 Å². The Bertz CT molecular complexity index is 779. The van der Waals surface area contributed by atoms with Gasteiger partial charge < -0.3 is 10.1 Å². The number of β-lactam (4-membered cyclic amide) rings is 1. The van der Waals surface area contributed by atoms with E-state index >= 15 is 0 Å². The van der Waals surface area contributed by atoms with Gasteiger partial charge in [-0.3, -0.25) is 14.4 Å². The van der Waals surface area contributed by atoms with Crippen LogP contribution >= 0.6 is 0 Å². The zero-order valence-corrected chi connectivity index (χ0v) is 13.9. The summed E-state index contributed by atoms with van der Waals surface area (Å²) in [5, 5.41) is 2.56. The number of carbonyl (C=O) groups excluding carboxylic acids is 3. The number of ether oxygens (including phenoxy) is 1. The summed E-state index contributed by atoms with van der Waals surface area (Å²) in [5.74, 6) is -2.45. The van der Waals surface area contributed by atoms with Crippen LogP contribution in [0.1, 0.15) is 15.9 Å². The monoisotopic (exact) mass is 354 g/mol. The van der Waals surface area contributed by atoms with Crippen LogP contribution in [0.2, 0.25) is 0 Å². The molecular formula is C19H18N2O5. The van der Waals surface area contributed by atoms with Crippen LogP contribution in [0.15, 0.2) is 60.7 Å². The van der Waals surface area contributed by atoms with E-state index in [4.69, 9.17) is 9.57 Å². The van der Waals surface area contributed by atoms with Gasteiger partial charge in [-0.2, -0.15) is 0 Å². The predicted molar refractivity (Wildman–Crippen MR) is 91.5 cm³/mol. The maximum absolute atomic E-state index is 12.1. The van der Waals surface area contributed by atoms with Crippen molar-refractivity contribution in [1.82, 2.24) is 10.8 Å². The largest absolute Gasteiger partial charge is 0.460 e. The molecule has 0 spiro atoms. The number of hydrogen-bond donors (Lipinski definition) is 2. The second kappa shape index (κ2) is 8.26. The summed E-state index contributed by atoms with van der Waals surface area (Å²) in [7, 11) is 0. The van der Waals surface area contributed by atoms with Crippen LogP contribution in [0.25, 0.3) is 0 Å². The number of hydroxylamine groups is 1. The molecule has 2 N–H and O–H groups in total. The van der Waals surface area contributed by atoms with Gasteiger partial charge in [0.1, 0.15) is 12.5 Å². The molecule has 1 heterocycles. The Labute approximate surface area is 150 Å². The Hall–Kier alpha value is -3.19. The molecule has 2 aromatic carbocycles. The van der Waals surface area contributed by atoms with E-state index in [9.17, 15) is 14.4 Å². The molecule has 0 bridgehead atoms. The first kappa shape index (κ1) is 17.6. The third kappa shape index (κ3) is 4.25. The summed E-state index contributed by atoms with van der Waals surface area (Å²) in [5.41, 5.74) is 3.57. The second-order valence-electron chi connectivity index (χ2n) is 5.80. The fourth-order valence-corrected chi connectivity index (χ4v) is 2.53. The van der Waals surface area contributed by atoms with Gasteiger partial charge in [0.05, 0.1) is 18.2 Å². The van der Waals surface area contributed by atoms with Crippen LogP contribution in [0.4, 0.5) is 0 Å². The van der Waals surface area contributed by atoms with Crippen LogP contribution in [0.5, 0.6) is 0 Å². The molecule has 1 aliphatic heterocycles. The highest BCUT2D eigenvalue weighted by Gasteiger charge is 2.45. The molecular weight excluding hydrogens is 336 g/mol. The fourth-order valence-electron chi connectivity index (χ4n) is 2.53. The summed E-state index contributed by atoms with van der Waals surface area (Å²) in [6.45, 7) is 0.102. The van der Waals surface area contributed by atoms with Crippen molar-refractivity contribution in [3.8, 4) is 0 Å². The van der Waals surface area contributed by atoms with Crippen molar-refractivity contribution >= 4 is 17.8 Å². The molecule has 0 aliphatic carbocycles. The molecule has 7 heteroatoms. The molecule has 134 valence electrons. The second-order valence-corrected chi connectivity index (χ2v) is 5.80. The van der Waals surface area contributed by atoms with Crippen molar-refractivity contribution in [3.63, 3.8) is 0 Å². The number of carbonyl (C=O) groups is 3. The van der Waals surface area contributed by atoms with Crippen molar-refractivity contribution in [1.29, 1.82) is 0 Å². The quantitative estimate of drug-likeness (QED) is 0.337. The topological polar surface area (TPSA) is 93.7 Å². The normalized spacial score (nSPS) is 18.4. The lowest BCUT2D eigenvalue weighted by atomic mass is 9.90. The Balaban J connectivity index is 1.45. The predicted octanol–water partition coefficient (Wildman–Crippen LogP) is 1.21. The van der Waals surface area contributed by atoms with Crippen LogP contribution in [0, 0.1) is 5.92 Å². The maximum atomic E-state index is 12.1. The highest BCUT2D eigenvalue weighted by atomic mass is 16.6. The highest BCUT2D eigenvalue weighted by molar-refractivity contribution is 6.05. The Morgan fingerprint density at radius 3 is 2.31 bits per heavy atom. The zero-order valence-electron chi connectivity index (χ0n) is 13.9. The number of benzene rings is 2. The number of amides is 2. The van der Waals surface area contributed by atoms with Crippen molar-refractivity contribution in [2.45, 2.75) is 12.6 Å². The van der Waals surface area contributed by atoms with Gasteiger partial charge in [-0.1, -0.05) is 48.5 Å². The molecule has 2 aromatic rings. The van der Waals surface area contributed by atoms with Gasteiger partial charge in [0.15, 0.2) is 0 Å². The average molecular weight is 354 g/mol. The van der Waals surface area contributed by atoms with E-state index < -0.39 is 29.7 Å². The van der Waals surface area contributed by atoms with E-state index in [-0.39, 0.29) is 13.2 Å². The Kier molecular flexibility index (Phi) is 5.60. The Morgan fingerprint density at radius 2 is 1.65 bits per heavy atom. The van der Waals surface area contributed by atoms with E-state index in [1.165, 1.54) is 0 Å². The van der Waals surface area contributed by atoms with Gasteiger partial charge in [-0.15, -0.1) is 0 Å². The van der Waals surface area contributed by atoms with Crippen molar-refractivity contribution in [2.75, 3.05) is 6.61 Å². The van der Waals surface area contributed by atoms with Gasteiger partial charge in [0, 0.05) is 0 Å². The number of hydrogen-bond acceptors (Lipinski definition) is 5. The summed E-state index contributed by atoms with van der Waals surface area (Å²) < 4.78 is 5.16. The van der Waals surface area contributed by atoms with Gasteiger partial charge >= 0.3 is 5.97 Å². The van der Waals surface area contributed by atoms with Crippen LogP contribution in [-0.2, 0) is 25.8 Å². The average Bonchev–Trinajstić information content (AvgIpc) is 2.66. The lowest BCUT2D eigenvalue weighted by Crippen LogP contribution is -2.65. The zero-order chi connectivity index (χ0) is 18.4. The molecule has 3 rings (SSSR count). The Morgan fingerprint density at radius 1 is 1.00 bits per heavy atom. The molecule has 0 saturated carbocycles. The standard InChI is InChI=1S/C19H18N2O5/c22-17-16(18(23)21-26-11-13-7-3-1-4-8-13)15(20-17)12-25-19(24)14-9-5-2-6-10-14/h1-10,15-16H,11-12H2,(H,20,22)(H,21,23). The first-order chi connectivity index (χ1) is 12.6. The minimum Gasteiger partial charge on any atom is -0.460 e. The van der Waals surface area contributed by atoms with Gasteiger partial charge in [-0.25, -0.2) is 10.3 Å². The minimum atomic E-state index is -0.950. The SMILES string of the molecule is O=C(OCC1NC(=O)C1C(=O)NOCc1ccccc1)c1ccccc1. The molecule has 2 unspecified atom stereocenters. The molecule has 26 heavy (non-hydrogen) atoms. The minimum absolute atomic E-state index is 0.0871. The lowest BCUT2D eigenvalue weighted by Gasteiger charge is -2.34. The number of rotatable bonds is 7. The van der Waals surface area contributed by atoms with Gasteiger partial charge in [0.25, 0.3) is 5.91 Å². The van der Waals surface area contributed by atoms with Crippen molar-refractivity contribution in [3.05, 3.63) is 71.8 Å². The van der Waals surface area contributed by atoms with E-state index in [0.717, 1.165) is 5.56 Å². The molecule has 2 atom stereocenters. The van der Waals surface area contributed by atoms with Crippen molar-refractivity contribution < 1.29 is 24.0 Å². The third-order valence-electron chi connectivity index (χ3n) is 3.95. The number of esters is 1. The molecule has 2 amide bonds. The summed E-state index contributed by atoms with van der Waals surface area (Å²) in [6, 6.07) is 17.2. The van der Waals surface area contributed by atoms with Crippen molar-refractivity contribution in [2.24, 2.45) is 5.92 Å². The van der Waals surface area contributed by atoms with E-state index in [0.29, 0.717) is 5.56 Å². The maximum Gasteiger partial charge on any atom is 0.338 e. The molecule has 7 nitrogen and oxygen atoms in total. The van der Waals surface area contributed by atoms with Crippen LogP contribution in [0.3, 0.4) is 0 Å². The smallest absolute Gasteiger partial charge is 0.338 e. The van der Waals surface area contributed by atoms with E-state index in [2.05, 4.69) is 10.8 Å². The van der Waals surface area contributed by atoms with E-state index in [1.54, 1.807) is 30.3 Å². The van der Waals surface area contributed by atoms with Gasteiger partial charge in [0.2, 0.25) is 5.91 Å². The summed E-state index contributed by atoms with van der Waals surface area (Å²) in [6.07, 6.45) is 0.